The Hall–Kier alpha value is -2.12. The minimum absolute atomic E-state index is 0. The van der Waals surface area contributed by atoms with Crippen molar-refractivity contribution in [2.24, 2.45) is 0 Å². The third-order valence-electron chi connectivity index (χ3n) is 6.36. The smallest absolute Gasteiger partial charge is 0.262 e. The number of ether oxygens (including phenoxy) is 2. The molecule has 1 amide bonds. The number of amides is 1. The summed E-state index contributed by atoms with van der Waals surface area (Å²) in [4.78, 5) is 16.1. The molecule has 2 aromatic rings. The predicted octanol–water partition coefficient (Wildman–Crippen LogP) is 8.95. The lowest BCUT2D eigenvalue weighted by molar-refractivity contribution is -0.118. The predicted molar refractivity (Wildman–Crippen MR) is 166 cm³/mol. The fourth-order valence-corrected chi connectivity index (χ4v) is 5.13. The topological polar surface area (TPSA) is 50.8 Å². The third-order valence-corrected chi connectivity index (χ3v) is 7.38. The number of thioether (sulfide) groups is 1. The SMILES string of the molecule is Br.CCCCCCCCCCCCOc1cccc(OCC(=O)Nc2cccc(CN3C=C(C)SC3)c2)c1. The van der Waals surface area contributed by atoms with Crippen molar-refractivity contribution in [1.82, 2.24) is 4.90 Å². The molecule has 0 saturated heterocycles. The highest BCUT2D eigenvalue weighted by atomic mass is 79.9. The molecule has 0 unspecified atom stereocenters. The van der Waals surface area contributed by atoms with Gasteiger partial charge in [-0.2, -0.15) is 0 Å². The van der Waals surface area contributed by atoms with Gasteiger partial charge in [-0.25, -0.2) is 0 Å². The van der Waals surface area contributed by atoms with Crippen molar-refractivity contribution < 1.29 is 14.3 Å². The fourth-order valence-electron chi connectivity index (χ4n) is 4.37. The third kappa shape index (κ3) is 13.1. The summed E-state index contributed by atoms with van der Waals surface area (Å²) in [6.07, 6.45) is 15.3. The van der Waals surface area contributed by atoms with Crippen LogP contribution >= 0.6 is 28.7 Å². The number of carbonyl (C=O) groups excluding carboxylic acids is 1. The van der Waals surface area contributed by atoms with Gasteiger partial charge in [0.05, 0.1) is 12.5 Å². The number of unbranched alkanes of at least 4 members (excludes halogenated alkanes) is 9. The van der Waals surface area contributed by atoms with Gasteiger partial charge in [-0.05, 0) is 48.1 Å². The van der Waals surface area contributed by atoms with E-state index in [0.717, 1.165) is 35.8 Å². The van der Waals surface area contributed by atoms with E-state index in [9.17, 15) is 4.79 Å². The summed E-state index contributed by atoms with van der Waals surface area (Å²) in [5, 5.41) is 2.94. The Labute approximate surface area is 244 Å². The number of hydrogen-bond donors (Lipinski definition) is 1. The Morgan fingerprint density at radius 1 is 0.895 bits per heavy atom. The lowest BCUT2D eigenvalue weighted by atomic mass is 10.1. The highest BCUT2D eigenvalue weighted by Gasteiger charge is 2.11. The zero-order valence-electron chi connectivity index (χ0n) is 23.1. The molecule has 1 N–H and O–H groups in total. The van der Waals surface area contributed by atoms with Gasteiger partial charge >= 0.3 is 0 Å². The molecule has 3 rings (SSSR count). The summed E-state index contributed by atoms with van der Waals surface area (Å²) in [5.74, 6) is 2.21. The van der Waals surface area contributed by atoms with Crippen molar-refractivity contribution in [1.29, 1.82) is 0 Å². The molecule has 5 nitrogen and oxygen atoms in total. The highest BCUT2D eigenvalue weighted by Crippen LogP contribution is 2.26. The van der Waals surface area contributed by atoms with Gasteiger partial charge in [-0.15, -0.1) is 28.7 Å². The van der Waals surface area contributed by atoms with E-state index >= 15 is 0 Å². The molecule has 1 heterocycles. The first-order valence-electron chi connectivity index (χ1n) is 13.9. The molecular weight excluding hydrogens is 560 g/mol. The summed E-state index contributed by atoms with van der Waals surface area (Å²) >= 11 is 1.85. The maximum atomic E-state index is 12.5. The van der Waals surface area contributed by atoms with E-state index in [-0.39, 0.29) is 29.5 Å². The number of anilines is 1. The molecule has 0 aromatic heterocycles. The number of allylic oxidation sites excluding steroid dienone is 1. The van der Waals surface area contributed by atoms with Gasteiger partial charge in [0.25, 0.3) is 5.91 Å². The van der Waals surface area contributed by atoms with Crippen molar-refractivity contribution in [3.8, 4) is 11.5 Å². The Morgan fingerprint density at radius 2 is 1.55 bits per heavy atom. The summed E-state index contributed by atoms with van der Waals surface area (Å²) in [6, 6.07) is 15.5. The lowest BCUT2D eigenvalue weighted by Gasteiger charge is -2.15. The van der Waals surface area contributed by atoms with E-state index in [1.54, 1.807) is 0 Å². The number of nitrogens with zero attached hydrogens (tertiary/aromatic N) is 1. The number of benzene rings is 2. The average molecular weight is 606 g/mol. The Bertz CT molecular complexity index is 985. The highest BCUT2D eigenvalue weighted by molar-refractivity contribution is 8.93. The second-order valence-electron chi connectivity index (χ2n) is 9.80. The number of halogens is 1. The van der Waals surface area contributed by atoms with E-state index < -0.39 is 0 Å². The molecule has 7 heteroatoms. The minimum Gasteiger partial charge on any atom is -0.493 e. The molecule has 0 atom stereocenters. The lowest BCUT2D eigenvalue weighted by Crippen LogP contribution is -2.20. The van der Waals surface area contributed by atoms with Crippen LogP contribution in [0.1, 0.15) is 83.6 Å². The van der Waals surface area contributed by atoms with Gasteiger partial charge in [-0.1, -0.05) is 82.9 Å². The first-order chi connectivity index (χ1) is 18.1. The van der Waals surface area contributed by atoms with Crippen molar-refractivity contribution in [3.63, 3.8) is 0 Å². The Kier molecular flexibility index (Phi) is 16.1. The number of hydrogen-bond acceptors (Lipinski definition) is 5. The van der Waals surface area contributed by atoms with Crippen LogP contribution in [0, 0.1) is 0 Å². The Morgan fingerprint density at radius 3 is 2.24 bits per heavy atom. The zero-order chi connectivity index (χ0) is 26.1. The quantitative estimate of drug-likeness (QED) is 0.172. The van der Waals surface area contributed by atoms with Crippen molar-refractivity contribution in [3.05, 3.63) is 65.2 Å². The van der Waals surface area contributed by atoms with Gasteiger partial charge < -0.3 is 19.7 Å². The van der Waals surface area contributed by atoms with Crippen LogP contribution in [-0.4, -0.2) is 29.9 Å². The Balaban J connectivity index is 0.00000507. The standard InChI is InChI=1S/C31H44N2O3S.BrH/c1-3-4-5-6-7-8-9-10-11-12-19-35-29-17-14-18-30(21-29)36-24-31(34)32-28-16-13-15-27(20-28)23-33-22-26(2)37-25-33;/h13-18,20-22H,3-12,19,23-25H2,1-2H3,(H,32,34);1H. The minimum atomic E-state index is -0.179. The second-order valence-corrected chi connectivity index (χ2v) is 11.0. The molecule has 1 aliphatic heterocycles. The van der Waals surface area contributed by atoms with Crippen LogP contribution in [0.4, 0.5) is 5.69 Å². The molecular formula is C31H45BrN2O3S. The van der Waals surface area contributed by atoms with Gasteiger partial charge in [-0.3, -0.25) is 4.79 Å². The van der Waals surface area contributed by atoms with Crippen LogP contribution in [0.5, 0.6) is 11.5 Å². The number of carbonyl (C=O) groups is 1. The molecule has 1 aliphatic rings. The van der Waals surface area contributed by atoms with Crippen LogP contribution in [0.25, 0.3) is 0 Å². The van der Waals surface area contributed by atoms with Crippen LogP contribution in [-0.2, 0) is 11.3 Å². The van der Waals surface area contributed by atoms with Crippen molar-refractivity contribution in [2.75, 3.05) is 24.4 Å². The molecule has 2 aromatic carbocycles. The average Bonchev–Trinajstić information content (AvgIpc) is 3.31. The van der Waals surface area contributed by atoms with Gasteiger partial charge in [0.1, 0.15) is 11.5 Å². The van der Waals surface area contributed by atoms with Gasteiger partial charge in [0.15, 0.2) is 6.61 Å². The van der Waals surface area contributed by atoms with E-state index in [1.165, 1.54) is 62.7 Å². The second kappa shape index (κ2) is 19.0. The van der Waals surface area contributed by atoms with E-state index in [4.69, 9.17) is 9.47 Å². The first kappa shape index (κ1) is 32.1. The summed E-state index contributed by atoms with van der Waals surface area (Å²) in [5.41, 5.74) is 1.95. The largest absolute Gasteiger partial charge is 0.493 e. The summed E-state index contributed by atoms with van der Waals surface area (Å²) in [7, 11) is 0. The van der Waals surface area contributed by atoms with E-state index in [0.29, 0.717) is 12.4 Å². The maximum Gasteiger partial charge on any atom is 0.262 e. The molecule has 38 heavy (non-hydrogen) atoms. The van der Waals surface area contributed by atoms with Crippen LogP contribution in [0.15, 0.2) is 59.6 Å². The van der Waals surface area contributed by atoms with Crippen LogP contribution in [0.3, 0.4) is 0 Å². The van der Waals surface area contributed by atoms with Crippen LogP contribution < -0.4 is 14.8 Å². The molecule has 0 radical (unpaired) electrons. The van der Waals surface area contributed by atoms with Gasteiger partial charge in [0, 0.05) is 24.5 Å². The monoisotopic (exact) mass is 604 g/mol. The van der Waals surface area contributed by atoms with Crippen molar-refractivity contribution in [2.45, 2.75) is 84.6 Å². The van der Waals surface area contributed by atoms with E-state index in [2.05, 4.69) is 36.3 Å². The zero-order valence-corrected chi connectivity index (χ0v) is 25.6. The fraction of sp³-hybridized carbons (Fsp3) is 0.516. The summed E-state index contributed by atoms with van der Waals surface area (Å²) < 4.78 is 11.6. The molecule has 0 saturated carbocycles. The normalized spacial score (nSPS) is 12.6. The first-order valence-corrected chi connectivity index (χ1v) is 14.9. The maximum absolute atomic E-state index is 12.5. The van der Waals surface area contributed by atoms with E-state index in [1.807, 2.05) is 54.2 Å². The summed E-state index contributed by atoms with van der Waals surface area (Å²) in [6.45, 7) is 5.89. The molecule has 210 valence electrons. The van der Waals surface area contributed by atoms with Crippen molar-refractivity contribution >= 4 is 40.3 Å². The molecule has 0 aliphatic carbocycles. The van der Waals surface area contributed by atoms with Gasteiger partial charge in [0.2, 0.25) is 0 Å². The molecule has 0 bridgehead atoms. The molecule has 0 fully saturated rings. The number of rotatable bonds is 18. The van der Waals surface area contributed by atoms with Crippen LogP contribution in [0.2, 0.25) is 0 Å². The molecule has 0 spiro atoms. The number of nitrogens with one attached hydrogen (secondary N) is 1.